The van der Waals surface area contributed by atoms with Gasteiger partial charge in [-0.25, -0.2) is 24.4 Å². The van der Waals surface area contributed by atoms with Gasteiger partial charge in [-0.05, 0) is 18.6 Å². The number of aromatic hydroxyl groups is 2. The molecule has 4 amide bonds. The fourth-order valence-electron chi connectivity index (χ4n) is 5.86. The van der Waals surface area contributed by atoms with Crippen molar-refractivity contribution >= 4 is 86.9 Å². The number of nitrogen functional groups attached to an aromatic ring is 1. The summed E-state index contributed by atoms with van der Waals surface area (Å²) in [6.45, 7) is -0.947. The van der Waals surface area contributed by atoms with Crippen molar-refractivity contribution in [3.05, 3.63) is 33.8 Å². The maximum absolute atomic E-state index is 13.5. The van der Waals surface area contributed by atoms with Gasteiger partial charge in [0.15, 0.2) is 28.1 Å². The number of benzene rings is 1. The number of nitrogens with one attached hydrogen (secondary N) is 1. The monoisotopic (exact) mass is 751 g/mol. The van der Waals surface area contributed by atoms with Crippen molar-refractivity contribution in [1.29, 1.82) is 0 Å². The molecule has 264 valence electrons. The Morgan fingerprint density at radius 2 is 1.84 bits per heavy atom. The van der Waals surface area contributed by atoms with E-state index in [4.69, 9.17) is 22.2 Å². The number of oxime groups is 1. The van der Waals surface area contributed by atoms with Crippen molar-refractivity contribution in [2.24, 2.45) is 11.1 Å². The van der Waals surface area contributed by atoms with Gasteiger partial charge in [-0.15, -0.1) is 11.3 Å². The summed E-state index contributed by atoms with van der Waals surface area (Å²) in [7, 11) is 0. The third kappa shape index (κ3) is 5.59. The molecule has 3 saturated heterocycles. The summed E-state index contributed by atoms with van der Waals surface area (Å²) < 4.78 is 0. The molecule has 7 N–H and O–H groups in total. The second kappa shape index (κ2) is 12.6. The zero-order valence-corrected chi connectivity index (χ0v) is 27.8. The number of carboxylic acid groups (broad SMARTS) is 2. The number of aromatic nitrogens is 1. The van der Waals surface area contributed by atoms with E-state index in [9.17, 15) is 54.0 Å². The summed E-state index contributed by atoms with van der Waals surface area (Å²) in [5.41, 5.74) is 5.39. The number of thioether (sulfide) groups is 1. The molecule has 50 heavy (non-hydrogen) atoms. The molecule has 1 aliphatic carbocycles. The van der Waals surface area contributed by atoms with Gasteiger partial charge >= 0.3 is 23.9 Å². The lowest BCUT2D eigenvalue weighted by molar-refractivity contribution is -0.178. The molecule has 3 aliphatic heterocycles. The Morgan fingerprint density at radius 1 is 1.12 bits per heavy atom. The quantitative estimate of drug-likeness (QED) is 0.0429. The minimum Gasteiger partial charge on any atom is -0.504 e. The van der Waals surface area contributed by atoms with Crippen LogP contribution in [0.5, 0.6) is 11.5 Å². The highest BCUT2D eigenvalue weighted by molar-refractivity contribution is 8.02. The summed E-state index contributed by atoms with van der Waals surface area (Å²) in [6, 6.07) is 0.924. The standard InChI is InChI=1S/C28H26ClN7O12S2/c29-16-11(2-3-14(37)19(16)40)18(39)20(41)32-36-7-6-35(26(36)47)28(24(45)46)10-34-21(42)12(22(34)50-28)8-15(38)17(13-9-49-25(30)31-13)33-48-27(23(43)44)4-1-5-27/h2-3,9,12,22,37,40H,1,4-8,10H2,(H2,30,31)(H,32,41)(H,43,44)(H,45,46)/b33-17-/t12?,22-,28-/m1/s1. The maximum atomic E-state index is 13.5. The second-order valence-corrected chi connectivity index (χ2v) is 14.4. The Hall–Kier alpha value is -5.15. The molecular weight excluding hydrogens is 726 g/mol. The first-order valence-corrected chi connectivity index (χ1v) is 16.8. The topological polar surface area (TPSA) is 283 Å². The lowest BCUT2D eigenvalue weighted by Gasteiger charge is -2.41. The minimum absolute atomic E-state index is 0.00714. The largest absolute Gasteiger partial charge is 0.504 e. The van der Waals surface area contributed by atoms with Crippen LogP contribution in [-0.4, -0.2) is 123 Å². The fourth-order valence-corrected chi connectivity index (χ4v) is 8.34. The van der Waals surface area contributed by atoms with E-state index in [2.05, 4.69) is 15.6 Å². The zero-order valence-electron chi connectivity index (χ0n) is 25.4. The number of carbonyl (C=O) groups excluding carboxylic acids is 5. The fraction of sp³-hybridized carbons (Fsp3) is 0.393. The first-order chi connectivity index (χ1) is 23.6. The van der Waals surface area contributed by atoms with Crippen LogP contribution in [0.25, 0.3) is 0 Å². The zero-order chi connectivity index (χ0) is 36.3. The highest BCUT2D eigenvalue weighted by atomic mass is 35.5. The number of amides is 4. The number of hydrogen-bond donors (Lipinski definition) is 6. The molecule has 0 radical (unpaired) electrons. The first kappa shape index (κ1) is 34.7. The molecule has 6 rings (SSSR count). The number of phenols is 2. The number of halogens is 1. The molecule has 4 heterocycles. The van der Waals surface area contributed by atoms with Crippen LogP contribution in [0.4, 0.5) is 9.93 Å². The van der Waals surface area contributed by atoms with E-state index in [1.54, 1.807) is 0 Å². The van der Waals surface area contributed by atoms with Crippen LogP contribution >= 0.6 is 34.7 Å². The molecule has 22 heteroatoms. The Labute approximate surface area is 293 Å². The lowest BCUT2D eigenvalue weighted by atomic mass is 9.80. The van der Waals surface area contributed by atoms with Crippen molar-refractivity contribution in [3.63, 3.8) is 0 Å². The minimum atomic E-state index is -2.04. The number of carboxylic acids is 2. The van der Waals surface area contributed by atoms with Gasteiger partial charge in [-0.1, -0.05) is 28.5 Å². The summed E-state index contributed by atoms with van der Waals surface area (Å²) in [6.07, 6.45) is 0.439. The summed E-state index contributed by atoms with van der Waals surface area (Å²) in [4.78, 5) is 99.6. The van der Waals surface area contributed by atoms with Crippen molar-refractivity contribution in [2.75, 3.05) is 25.4 Å². The van der Waals surface area contributed by atoms with E-state index in [-0.39, 0.29) is 42.5 Å². The van der Waals surface area contributed by atoms with Crippen LogP contribution in [-0.2, 0) is 28.8 Å². The highest BCUT2D eigenvalue weighted by Gasteiger charge is 2.66. The number of hydrazine groups is 1. The van der Waals surface area contributed by atoms with Crippen molar-refractivity contribution in [2.45, 2.75) is 41.5 Å². The summed E-state index contributed by atoms with van der Waals surface area (Å²) in [5.74, 6) is -9.17. The number of fused-ring (bicyclic) bond motifs is 1. The van der Waals surface area contributed by atoms with Gasteiger partial charge in [0.05, 0.1) is 35.0 Å². The number of rotatable bonds is 12. The van der Waals surface area contributed by atoms with Crippen LogP contribution in [0.2, 0.25) is 5.02 Å². The lowest BCUT2D eigenvalue weighted by Crippen LogP contribution is -2.60. The number of nitrogens with zero attached hydrogens (tertiary/aromatic N) is 5. The molecule has 1 saturated carbocycles. The molecule has 19 nitrogen and oxygen atoms in total. The molecule has 2 aromatic rings. The van der Waals surface area contributed by atoms with Crippen LogP contribution in [0, 0.1) is 5.92 Å². The number of carbonyl (C=O) groups is 7. The SMILES string of the molecule is Nc1nc(/C(=N/OC2(C(=O)O)CCC2)C(=O)CC2C(=O)N3C[C@@](C(=O)O)(N4CCN(NC(=O)C(=O)c5ccc(O)c(O)c5Cl)C4=O)S[C@H]23)cs1. The van der Waals surface area contributed by atoms with E-state index in [1.807, 2.05) is 0 Å². The van der Waals surface area contributed by atoms with Gasteiger partial charge in [-0.3, -0.25) is 29.5 Å². The number of aliphatic carboxylic acids is 2. The van der Waals surface area contributed by atoms with Crippen molar-refractivity contribution in [3.8, 4) is 11.5 Å². The van der Waals surface area contributed by atoms with E-state index >= 15 is 0 Å². The number of β-lactam (4-membered cyclic amide) rings is 1. The maximum Gasteiger partial charge on any atom is 0.350 e. The number of thiazole rings is 1. The second-order valence-electron chi connectivity index (χ2n) is 11.7. The van der Waals surface area contributed by atoms with E-state index in [1.165, 1.54) is 10.3 Å². The summed E-state index contributed by atoms with van der Waals surface area (Å²) in [5, 5.41) is 43.9. The van der Waals surface area contributed by atoms with Crippen LogP contribution in [0.1, 0.15) is 41.7 Å². The average Bonchev–Trinajstić information content (AvgIpc) is 3.75. The molecular formula is C28H26ClN7O12S2. The third-order valence-electron chi connectivity index (χ3n) is 8.81. The Bertz CT molecular complexity index is 1900. The number of nitrogens with two attached hydrogens (primary N) is 1. The Kier molecular flexibility index (Phi) is 8.76. The number of phenolic OH excluding ortho intramolecular Hbond substituents is 2. The van der Waals surface area contributed by atoms with Crippen molar-refractivity contribution < 1.29 is 58.8 Å². The van der Waals surface area contributed by atoms with Gasteiger partial charge in [0.25, 0.3) is 5.78 Å². The Morgan fingerprint density at radius 3 is 2.44 bits per heavy atom. The molecule has 1 aromatic carbocycles. The van der Waals surface area contributed by atoms with Crippen molar-refractivity contribution in [1.82, 2.24) is 25.2 Å². The molecule has 1 aromatic heterocycles. The highest BCUT2D eigenvalue weighted by Crippen LogP contribution is 2.53. The van der Waals surface area contributed by atoms with E-state index in [0.717, 1.165) is 40.1 Å². The molecule has 3 atom stereocenters. The third-order valence-corrected chi connectivity index (χ3v) is 11.6. The predicted octanol–water partition coefficient (Wildman–Crippen LogP) is 0.441. The normalized spacial score (nSPS) is 23.9. The van der Waals surface area contributed by atoms with E-state index in [0.29, 0.717) is 11.4 Å². The smallest absolute Gasteiger partial charge is 0.350 e. The number of Topliss-reactive ketones (excluding diaryl/α,β-unsaturated/α-hetero) is 2. The Balaban J connectivity index is 1.16. The van der Waals surface area contributed by atoms with Gasteiger partial charge in [0.2, 0.25) is 16.4 Å². The van der Waals surface area contributed by atoms with Gasteiger partial charge in [-0.2, -0.15) is 0 Å². The van der Waals surface area contributed by atoms with E-state index < -0.39 is 98.2 Å². The molecule has 0 bridgehead atoms. The van der Waals surface area contributed by atoms with Crippen LogP contribution in [0.15, 0.2) is 22.7 Å². The first-order valence-electron chi connectivity index (χ1n) is 14.7. The number of urea groups is 1. The molecule has 4 fully saturated rings. The average molecular weight is 752 g/mol. The number of anilines is 1. The predicted molar refractivity (Wildman–Crippen MR) is 171 cm³/mol. The van der Waals surface area contributed by atoms with Gasteiger partial charge < -0.3 is 35.9 Å². The molecule has 1 unspecified atom stereocenters. The van der Waals surface area contributed by atoms with Crippen LogP contribution < -0.4 is 11.2 Å². The number of ketones is 2. The molecule has 4 aliphatic rings. The molecule has 0 spiro atoms. The summed E-state index contributed by atoms with van der Waals surface area (Å²) >= 11 is 7.61. The number of hydrogen-bond acceptors (Lipinski definition) is 15. The van der Waals surface area contributed by atoms with Crippen LogP contribution in [0.3, 0.4) is 0 Å². The van der Waals surface area contributed by atoms with Gasteiger partial charge in [0, 0.05) is 31.2 Å². The van der Waals surface area contributed by atoms with Gasteiger partial charge in [0.1, 0.15) is 5.69 Å².